The summed E-state index contributed by atoms with van der Waals surface area (Å²) in [6.45, 7) is 4.39. The Morgan fingerprint density at radius 1 is 0.887 bits per heavy atom. The first kappa shape index (κ1) is 35.4. The zero-order chi connectivity index (χ0) is 36.6. The molecule has 0 radical (unpaired) electrons. The Balaban J connectivity index is 0.990. The van der Waals surface area contributed by atoms with Crippen LogP contribution in [0, 0.1) is 5.92 Å². The second kappa shape index (κ2) is 15.0. The summed E-state index contributed by atoms with van der Waals surface area (Å²) in [4.78, 5) is 38.9. The van der Waals surface area contributed by atoms with Crippen LogP contribution in [0.4, 0.5) is 17.2 Å². The van der Waals surface area contributed by atoms with Crippen LogP contribution in [0.2, 0.25) is 10.0 Å². The molecule has 2 aromatic carbocycles. The molecule has 0 aliphatic carbocycles. The predicted molar refractivity (Wildman–Crippen MR) is 205 cm³/mol. The van der Waals surface area contributed by atoms with E-state index in [4.69, 9.17) is 28.2 Å². The second-order valence-electron chi connectivity index (χ2n) is 14.1. The third-order valence-corrected chi connectivity index (χ3v) is 11.5. The van der Waals surface area contributed by atoms with Gasteiger partial charge in [0.05, 0.1) is 45.2 Å². The quantitative estimate of drug-likeness (QED) is 0.124. The number of carboxylic acids is 1. The number of pyridine rings is 2. The third-order valence-electron chi connectivity index (χ3n) is 10.7. The summed E-state index contributed by atoms with van der Waals surface area (Å²) in [5, 5.41) is 32.0. The number of aliphatic carboxylic acids is 1. The van der Waals surface area contributed by atoms with Crippen molar-refractivity contribution in [1.82, 2.24) is 29.5 Å². The maximum Gasteiger partial charge on any atom is 0.306 e. The molecule has 2 fully saturated rings. The zero-order valence-electron chi connectivity index (χ0n) is 29.0. The number of likely N-dealkylation sites (tertiary alicyclic amines) is 2. The third kappa shape index (κ3) is 7.34. The molecule has 0 bridgehead atoms. The van der Waals surface area contributed by atoms with E-state index in [-0.39, 0.29) is 24.0 Å². The number of nitrogens with zero attached hydrogens (tertiary/aromatic N) is 6. The number of hydrogen-bond acceptors (Lipinski definition) is 9. The summed E-state index contributed by atoms with van der Waals surface area (Å²) in [6.07, 6.45) is 7.21. The van der Waals surface area contributed by atoms with Crippen molar-refractivity contribution in [2.45, 2.75) is 57.3 Å². The van der Waals surface area contributed by atoms with E-state index in [2.05, 4.69) is 36.6 Å². The molecule has 5 aromatic rings. The monoisotopic (exact) mass is 754 g/mol. The Labute approximate surface area is 316 Å². The van der Waals surface area contributed by atoms with Crippen molar-refractivity contribution in [3.63, 3.8) is 0 Å². The molecule has 2 atom stereocenters. The molecule has 0 saturated carbocycles. The molecular weight excluding hydrogens is 715 g/mol. The average Bonchev–Trinajstić information content (AvgIpc) is 3.79. The fraction of sp³-hybridized carbons (Fsp3) is 0.359. The molecule has 274 valence electrons. The van der Waals surface area contributed by atoms with Gasteiger partial charge in [-0.3, -0.25) is 29.1 Å². The Kier molecular flexibility index (Phi) is 10.1. The van der Waals surface area contributed by atoms with E-state index in [1.807, 2.05) is 53.3 Å². The van der Waals surface area contributed by atoms with E-state index in [9.17, 15) is 19.8 Å². The van der Waals surface area contributed by atoms with E-state index < -0.39 is 5.97 Å². The molecule has 4 N–H and O–H groups in total. The molecule has 14 heteroatoms. The summed E-state index contributed by atoms with van der Waals surface area (Å²) in [7, 11) is 0. The molecule has 3 aliphatic heterocycles. The minimum atomic E-state index is -0.729. The summed E-state index contributed by atoms with van der Waals surface area (Å²) in [5.41, 5.74) is 5.42. The van der Waals surface area contributed by atoms with Crippen molar-refractivity contribution in [3.8, 4) is 11.1 Å². The van der Waals surface area contributed by atoms with Crippen LogP contribution in [0.15, 0.2) is 67.0 Å². The van der Waals surface area contributed by atoms with Crippen LogP contribution in [0.3, 0.4) is 0 Å². The van der Waals surface area contributed by atoms with Gasteiger partial charge in [-0.25, -0.2) is 4.98 Å². The highest BCUT2D eigenvalue weighted by Crippen LogP contribution is 2.41. The normalized spacial score (nSPS) is 19.7. The number of anilines is 3. The lowest BCUT2D eigenvalue weighted by Gasteiger charge is -2.38. The fourth-order valence-corrected chi connectivity index (χ4v) is 8.43. The van der Waals surface area contributed by atoms with Gasteiger partial charge in [0, 0.05) is 55.1 Å². The van der Waals surface area contributed by atoms with Crippen molar-refractivity contribution < 1.29 is 19.8 Å². The lowest BCUT2D eigenvalue weighted by Crippen LogP contribution is -2.40. The van der Waals surface area contributed by atoms with E-state index in [1.54, 1.807) is 12.3 Å². The van der Waals surface area contributed by atoms with Crippen molar-refractivity contribution in [2.75, 3.05) is 36.8 Å². The molecule has 3 aromatic heterocycles. The number of carboxylic acid groups (broad SMARTS) is 1. The molecule has 3 aliphatic rings. The predicted octanol–water partition coefficient (Wildman–Crippen LogP) is 6.99. The Morgan fingerprint density at radius 3 is 2.38 bits per heavy atom. The maximum absolute atomic E-state index is 13.6. The van der Waals surface area contributed by atoms with Gasteiger partial charge < -0.3 is 20.8 Å². The lowest BCUT2D eigenvalue weighted by molar-refractivity contribution is -0.143. The van der Waals surface area contributed by atoms with Gasteiger partial charge >= 0.3 is 5.97 Å². The molecule has 2 saturated heterocycles. The van der Waals surface area contributed by atoms with Crippen molar-refractivity contribution >= 4 is 63.2 Å². The van der Waals surface area contributed by atoms with Gasteiger partial charge in [0.25, 0.3) is 5.91 Å². The number of aliphatic hydroxyl groups is 1. The van der Waals surface area contributed by atoms with Gasteiger partial charge in [-0.05, 0) is 81.1 Å². The first-order valence-electron chi connectivity index (χ1n) is 18.1. The van der Waals surface area contributed by atoms with E-state index in [0.717, 1.165) is 55.5 Å². The molecule has 0 spiro atoms. The number of halogens is 2. The summed E-state index contributed by atoms with van der Waals surface area (Å²) in [5.74, 6) is -0.837. The van der Waals surface area contributed by atoms with Crippen LogP contribution in [-0.2, 0) is 17.9 Å². The number of amides is 1. The zero-order valence-corrected chi connectivity index (χ0v) is 30.5. The smallest absolute Gasteiger partial charge is 0.306 e. The Bertz CT molecular complexity index is 2190. The van der Waals surface area contributed by atoms with Gasteiger partial charge in [-0.2, -0.15) is 5.10 Å². The SMILES string of the molecule is O=C(Nc1cccc(-c2cccc(Nc3nccc4cc(CN5CC[C@H](O)C5)cnc34)c2Cl)c1Cl)c1cc2n(n1)CCC[C@@H]2N1CCC(C(=O)O)CC1. The molecular formula is C39H40Cl2N8O4. The van der Waals surface area contributed by atoms with Crippen LogP contribution in [0.1, 0.15) is 59.9 Å². The highest BCUT2D eigenvalue weighted by molar-refractivity contribution is 6.39. The van der Waals surface area contributed by atoms with Crippen LogP contribution >= 0.6 is 23.2 Å². The first-order chi connectivity index (χ1) is 25.7. The molecule has 0 unspecified atom stereocenters. The van der Waals surface area contributed by atoms with Crippen molar-refractivity contribution in [3.05, 3.63) is 94.0 Å². The molecule has 12 nitrogen and oxygen atoms in total. The van der Waals surface area contributed by atoms with Crippen LogP contribution in [-0.4, -0.2) is 83.9 Å². The Hall–Kier alpha value is -4.59. The first-order valence-corrected chi connectivity index (χ1v) is 18.8. The van der Waals surface area contributed by atoms with Gasteiger partial charge in [0.2, 0.25) is 0 Å². The Morgan fingerprint density at radius 2 is 1.64 bits per heavy atom. The number of piperidine rings is 1. The summed E-state index contributed by atoms with van der Waals surface area (Å²) in [6, 6.07) is 17.0. The van der Waals surface area contributed by atoms with E-state index >= 15 is 0 Å². The number of rotatable bonds is 9. The number of aromatic nitrogens is 4. The number of benzene rings is 2. The molecule has 6 heterocycles. The number of carbonyl (C=O) groups excluding carboxylic acids is 1. The number of carbonyl (C=O) groups is 2. The topological polar surface area (TPSA) is 149 Å². The highest BCUT2D eigenvalue weighted by atomic mass is 35.5. The standard InChI is InChI=1S/C39H40Cl2N8O4/c40-34-27(4-1-6-29(34)44-37-36-25(9-13-42-37)18-23(20-43-36)21-47-15-12-26(50)22-47)28-5-2-7-30(35(28)41)45-38(51)31-19-33-32(8-3-14-49(33)46-31)48-16-10-24(11-17-48)39(52)53/h1-2,4-7,9,13,18-20,24,26,32,50H,3,8,10-12,14-17,21-22H2,(H,42,44)(H,45,51)(H,52,53)/t26-,32-/m0/s1. The van der Waals surface area contributed by atoms with Gasteiger partial charge in [0.15, 0.2) is 11.5 Å². The number of hydrogen-bond donors (Lipinski definition) is 4. The van der Waals surface area contributed by atoms with Gasteiger partial charge in [-0.1, -0.05) is 47.5 Å². The van der Waals surface area contributed by atoms with Crippen molar-refractivity contribution in [1.29, 1.82) is 0 Å². The second-order valence-corrected chi connectivity index (χ2v) is 14.9. The number of aliphatic hydroxyl groups excluding tert-OH is 1. The summed E-state index contributed by atoms with van der Waals surface area (Å²) < 4.78 is 1.91. The summed E-state index contributed by atoms with van der Waals surface area (Å²) >= 11 is 14.0. The van der Waals surface area contributed by atoms with E-state index in [1.165, 1.54) is 0 Å². The number of aryl methyl sites for hydroxylation is 1. The number of β-amino-alcohol motifs (C(OH)–C–C–N with tert-alkyl or cyclic N) is 1. The highest BCUT2D eigenvalue weighted by Gasteiger charge is 2.33. The average molecular weight is 756 g/mol. The van der Waals surface area contributed by atoms with Crippen LogP contribution < -0.4 is 10.6 Å². The maximum atomic E-state index is 13.6. The largest absolute Gasteiger partial charge is 0.481 e. The number of fused-ring (bicyclic) bond motifs is 2. The molecule has 1 amide bonds. The number of nitrogens with one attached hydrogen (secondary N) is 2. The minimum Gasteiger partial charge on any atom is -0.481 e. The lowest BCUT2D eigenvalue weighted by atomic mass is 9.93. The van der Waals surface area contributed by atoms with Crippen molar-refractivity contribution in [2.24, 2.45) is 5.92 Å². The fourth-order valence-electron chi connectivity index (χ4n) is 7.88. The minimum absolute atomic E-state index is 0.0930. The van der Waals surface area contributed by atoms with Gasteiger partial charge in [-0.15, -0.1) is 0 Å². The molecule has 8 rings (SSSR count). The van der Waals surface area contributed by atoms with Gasteiger partial charge in [0.1, 0.15) is 5.52 Å². The van der Waals surface area contributed by atoms with Crippen LogP contribution in [0.25, 0.3) is 22.0 Å². The van der Waals surface area contributed by atoms with Crippen LogP contribution in [0.5, 0.6) is 0 Å². The molecule has 53 heavy (non-hydrogen) atoms. The van der Waals surface area contributed by atoms with E-state index in [0.29, 0.717) is 82.1 Å².